The molecule has 0 saturated heterocycles. The predicted molar refractivity (Wildman–Crippen MR) is 63.6 cm³/mol. The fourth-order valence-corrected chi connectivity index (χ4v) is 1.98. The van der Waals surface area contributed by atoms with Gasteiger partial charge in [0.05, 0.1) is 0 Å². The molecule has 0 amide bonds. The average molecular weight is 204 g/mol. The van der Waals surface area contributed by atoms with Crippen molar-refractivity contribution in [3.05, 3.63) is 0 Å². The number of likely N-dealkylation sites (N-methyl/N-ethyl adjacent to an activating group) is 2. The van der Waals surface area contributed by atoms with Crippen LogP contribution in [0.1, 0.15) is 13.8 Å². The predicted octanol–water partition coefficient (Wildman–Crippen LogP) is 1.53. The van der Waals surface area contributed by atoms with E-state index in [1.54, 1.807) is 0 Å². The minimum Gasteiger partial charge on any atom is -0.318 e. The molecule has 80 valence electrons. The Bertz CT molecular complexity index is 117. The molecule has 13 heavy (non-hydrogen) atoms. The minimum atomic E-state index is 0.664. The van der Waals surface area contributed by atoms with Crippen LogP contribution in [0.25, 0.3) is 0 Å². The second-order valence-electron chi connectivity index (χ2n) is 3.84. The Hall–Kier alpha value is 0.270. The van der Waals surface area contributed by atoms with E-state index in [0.29, 0.717) is 6.04 Å². The third kappa shape index (κ3) is 5.55. The summed E-state index contributed by atoms with van der Waals surface area (Å²) in [5, 5.41) is 3.26. The summed E-state index contributed by atoms with van der Waals surface area (Å²) in [5.74, 6) is 1.95. The molecule has 0 radical (unpaired) electrons. The zero-order valence-corrected chi connectivity index (χ0v) is 10.4. The third-order valence-electron chi connectivity index (χ3n) is 2.40. The maximum absolute atomic E-state index is 3.26. The van der Waals surface area contributed by atoms with Crippen molar-refractivity contribution in [2.45, 2.75) is 19.9 Å². The number of hydrogen-bond acceptors (Lipinski definition) is 3. The van der Waals surface area contributed by atoms with Crippen molar-refractivity contribution in [1.29, 1.82) is 0 Å². The fraction of sp³-hybridized carbons (Fsp3) is 1.00. The summed E-state index contributed by atoms with van der Waals surface area (Å²) < 4.78 is 0. The third-order valence-corrected chi connectivity index (χ3v) is 2.99. The standard InChI is InChI=1S/C10H24N2S/c1-9(2)10(8-11-3)12(4)6-7-13-5/h9-11H,6-8H2,1-5H3. The second kappa shape index (κ2) is 7.65. The molecular formula is C10H24N2S. The highest BCUT2D eigenvalue weighted by Gasteiger charge is 2.16. The topological polar surface area (TPSA) is 15.3 Å². The van der Waals surface area contributed by atoms with Crippen molar-refractivity contribution in [3.8, 4) is 0 Å². The molecule has 0 saturated carbocycles. The van der Waals surface area contributed by atoms with E-state index in [0.717, 1.165) is 12.5 Å². The first-order chi connectivity index (χ1) is 6.13. The van der Waals surface area contributed by atoms with Crippen molar-refractivity contribution in [2.24, 2.45) is 5.92 Å². The lowest BCUT2D eigenvalue weighted by atomic mass is 10.0. The van der Waals surface area contributed by atoms with Gasteiger partial charge in [-0.1, -0.05) is 13.8 Å². The molecule has 0 aromatic heterocycles. The van der Waals surface area contributed by atoms with E-state index in [1.165, 1.54) is 12.3 Å². The lowest BCUT2D eigenvalue weighted by Gasteiger charge is -2.30. The molecule has 0 heterocycles. The summed E-state index contributed by atoms with van der Waals surface area (Å²) >= 11 is 1.92. The highest BCUT2D eigenvalue weighted by Crippen LogP contribution is 2.08. The van der Waals surface area contributed by atoms with E-state index >= 15 is 0 Å². The lowest BCUT2D eigenvalue weighted by molar-refractivity contribution is 0.200. The van der Waals surface area contributed by atoms with Crippen LogP contribution in [-0.4, -0.2) is 50.1 Å². The van der Waals surface area contributed by atoms with Crippen LogP contribution in [0, 0.1) is 5.92 Å². The highest BCUT2D eigenvalue weighted by atomic mass is 32.2. The van der Waals surface area contributed by atoms with Crippen molar-refractivity contribution < 1.29 is 0 Å². The van der Waals surface area contributed by atoms with Gasteiger partial charge in [0.1, 0.15) is 0 Å². The van der Waals surface area contributed by atoms with E-state index in [-0.39, 0.29) is 0 Å². The van der Waals surface area contributed by atoms with Gasteiger partial charge in [-0.25, -0.2) is 0 Å². The molecule has 0 bridgehead atoms. The van der Waals surface area contributed by atoms with Crippen LogP contribution in [0.2, 0.25) is 0 Å². The van der Waals surface area contributed by atoms with Crippen LogP contribution >= 0.6 is 11.8 Å². The minimum absolute atomic E-state index is 0.664. The molecule has 0 aromatic rings. The van der Waals surface area contributed by atoms with Crippen LogP contribution < -0.4 is 5.32 Å². The molecule has 0 aliphatic heterocycles. The Kier molecular flexibility index (Phi) is 7.81. The van der Waals surface area contributed by atoms with Gasteiger partial charge in [-0.15, -0.1) is 0 Å². The van der Waals surface area contributed by atoms with Gasteiger partial charge in [-0.05, 0) is 26.3 Å². The largest absolute Gasteiger partial charge is 0.318 e. The monoisotopic (exact) mass is 204 g/mol. The summed E-state index contributed by atoms with van der Waals surface area (Å²) in [7, 11) is 4.25. The molecule has 0 aliphatic carbocycles. The van der Waals surface area contributed by atoms with Crippen LogP contribution in [0.5, 0.6) is 0 Å². The Morgan fingerprint density at radius 1 is 1.38 bits per heavy atom. The van der Waals surface area contributed by atoms with E-state index in [2.05, 4.69) is 37.4 Å². The Morgan fingerprint density at radius 2 is 2.00 bits per heavy atom. The first kappa shape index (κ1) is 13.3. The van der Waals surface area contributed by atoms with Crippen molar-refractivity contribution in [1.82, 2.24) is 10.2 Å². The number of nitrogens with zero attached hydrogens (tertiary/aromatic N) is 1. The SMILES string of the molecule is CNCC(C(C)C)N(C)CCSC. The van der Waals surface area contributed by atoms with Gasteiger partial charge in [-0.3, -0.25) is 0 Å². The molecule has 3 heteroatoms. The van der Waals surface area contributed by atoms with Crippen molar-refractivity contribution >= 4 is 11.8 Å². The van der Waals surface area contributed by atoms with Gasteiger partial charge in [0.2, 0.25) is 0 Å². The summed E-state index contributed by atoms with van der Waals surface area (Å²) in [5.41, 5.74) is 0. The Balaban J connectivity index is 3.87. The van der Waals surface area contributed by atoms with E-state index < -0.39 is 0 Å². The van der Waals surface area contributed by atoms with Crippen LogP contribution in [0.3, 0.4) is 0 Å². The van der Waals surface area contributed by atoms with Gasteiger partial charge in [0.25, 0.3) is 0 Å². The Morgan fingerprint density at radius 3 is 2.38 bits per heavy atom. The molecule has 0 aromatic carbocycles. The van der Waals surface area contributed by atoms with Gasteiger partial charge in [0, 0.05) is 24.9 Å². The van der Waals surface area contributed by atoms with E-state index in [4.69, 9.17) is 0 Å². The maximum atomic E-state index is 3.26. The molecule has 0 spiro atoms. The van der Waals surface area contributed by atoms with Crippen molar-refractivity contribution in [3.63, 3.8) is 0 Å². The number of hydrogen-bond donors (Lipinski definition) is 1. The quantitative estimate of drug-likeness (QED) is 0.677. The zero-order valence-electron chi connectivity index (χ0n) is 9.63. The molecule has 2 nitrogen and oxygen atoms in total. The smallest absolute Gasteiger partial charge is 0.0240 e. The fourth-order valence-electron chi connectivity index (χ4n) is 1.51. The summed E-state index contributed by atoms with van der Waals surface area (Å²) in [4.78, 5) is 2.46. The first-order valence-corrected chi connectivity index (χ1v) is 6.36. The van der Waals surface area contributed by atoms with Crippen LogP contribution in [0.15, 0.2) is 0 Å². The molecule has 0 rings (SSSR count). The second-order valence-corrected chi connectivity index (χ2v) is 4.83. The number of rotatable bonds is 7. The van der Waals surface area contributed by atoms with E-state index in [9.17, 15) is 0 Å². The number of nitrogens with one attached hydrogen (secondary N) is 1. The van der Waals surface area contributed by atoms with Gasteiger partial charge >= 0.3 is 0 Å². The van der Waals surface area contributed by atoms with Gasteiger partial charge in [-0.2, -0.15) is 11.8 Å². The molecule has 1 N–H and O–H groups in total. The van der Waals surface area contributed by atoms with E-state index in [1.807, 2.05) is 18.8 Å². The first-order valence-electron chi connectivity index (χ1n) is 4.97. The molecule has 0 aliphatic rings. The molecule has 1 unspecified atom stereocenters. The van der Waals surface area contributed by atoms with Gasteiger partial charge in [0.15, 0.2) is 0 Å². The lowest BCUT2D eigenvalue weighted by Crippen LogP contribution is -2.43. The zero-order chi connectivity index (χ0) is 10.3. The summed E-state index contributed by atoms with van der Waals surface area (Å²) in [6.07, 6.45) is 2.16. The molecular weight excluding hydrogens is 180 g/mol. The summed E-state index contributed by atoms with van der Waals surface area (Å²) in [6.45, 7) is 6.85. The highest BCUT2D eigenvalue weighted by molar-refractivity contribution is 7.98. The maximum Gasteiger partial charge on any atom is 0.0240 e. The normalized spacial score (nSPS) is 14.1. The van der Waals surface area contributed by atoms with Gasteiger partial charge < -0.3 is 10.2 Å². The average Bonchev–Trinajstić information content (AvgIpc) is 2.09. The van der Waals surface area contributed by atoms with Crippen molar-refractivity contribution in [2.75, 3.05) is 39.2 Å². The number of thioether (sulfide) groups is 1. The van der Waals surface area contributed by atoms with Crippen LogP contribution in [-0.2, 0) is 0 Å². The van der Waals surface area contributed by atoms with Crippen LogP contribution in [0.4, 0.5) is 0 Å². The molecule has 1 atom stereocenters. The summed E-state index contributed by atoms with van der Waals surface area (Å²) in [6, 6.07) is 0.664. The Labute approximate surface area is 87.5 Å². The molecule has 0 fully saturated rings.